The lowest BCUT2D eigenvalue weighted by Gasteiger charge is -2.09. The van der Waals surface area contributed by atoms with Gasteiger partial charge in [-0.2, -0.15) is 0 Å². The summed E-state index contributed by atoms with van der Waals surface area (Å²) < 4.78 is 51.2. The van der Waals surface area contributed by atoms with Gasteiger partial charge in [-0.3, -0.25) is 4.72 Å². The predicted octanol–water partition coefficient (Wildman–Crippen LogP) is 1.71. The molecule has 1 aromatic rings. The Kier molecular flexibility index (Phi) is 5.49. The second-order valence-corrected chi connectivity index (χ2v) is 5.59. The number of hydrogen-bond acceptors (Lipinski definition) is 3. The summed E-state index contributed by atoms with van der Waals surface area (Å²) in [6.07, 6.45) is 0.423. The molecule has 0 spiro atoms. The molecule has 7 heteroatoms. The molecule has 102 valence electrons. The van der Waals surface area contributed by atoms with E-state index in [4.69, 9.17) is 0 Å². The van der Waals surface area contributed by atoms with E-state index >= 15 is 0 Å². The maximum absolute atomic E-state index is 13.2. The van der Waals surface area contributed by atoms with Crippen molar-refractivity contribution >= 4 is 15.7 Å². The van der Waals surface area contributed by atoms with Gasteiger partial charge in [-0.15, -0.1) is 0 Å². The fourth-order valence-electron chi connectivity index (χ4n) is 1.35. The molecule has 0 radical (unpaired) electrons. The van der Waals surface area contributed by atoms with Crippen LogP contribution < -0.4 is 10.0 Å². The number of rotatable bonds is 7. The van der Waals surface area contributed by atoms with Gasteiger partial charge in [0.15, 0.2) is 0 Å². The standard InChI is InChI=1S/C11H16F2N2O2S/c1-2-14-6-3-7-18(16,17)15-11-5-4-9(12)8-10(11)13/h4-5,8,14-15H,2-3,6-7H2,1H3. The SMILES string of the molecule is CCNCCCS(=O)(=O)Nc1ccc(F)cc1F. The van der Waals surface area contributed by atoms with Crippen molar-refractivity contribution in [3.05, 3.63) is 29.8 Å². The number of hydrogen-bond donors (Lipinski definition) is 2. The highest BCUT2D eigenvalue weighted by Crippen LogP contribution is 2.16. The van der Waals surface area contributed by atoms with E-state index in [1.807, 2.05) is 6.92 Å². The van der Waals surface area contributed by atoms with Gasteiger partial charge in [0, 0.05) is 6.07 Å². The van der Waals surface area contributed by atoms with Gasteiger partial charge in [-0.1, -0.05) is 6.92 Å². The van der Waals surface area contributed by atoms with E-state index in [0.29, 0.717) is 19.0 Å². The Morgan fingerprint density at radius 1 is 1.28 bits per heavy atom. The zero-order valence-corrected chi connectivity index (χ0v) is 10.9. The minimum atomic E-state index is -3.60. The van der Waals surface area contributed by atoms with Gasteiger partial charge in [0.2, 0.25) is 10.0 Å². The van der Waals surface area contributed by atoms with Crippen LogP contribution >= 0.6 is 0 Å². The lowest BCUT2D eigenvalue weighted by atomic mass is 10.3. The molecule has 0 atom stereocenters. The molecule has 0 aliphatic carbocycles. The first kappa shape index (κ1) is 14.8. The third kappa shape index (κ3) is 4.97. The molecule has 0 aliphatic rings. The molecule has 0 saturated heterocycles. The topological polar surface area (TPSA) is 58.2 Å². The fraction of sp³-hybridized carbons (Fsp3) is 0.455. The van der Waals surface area contributed by atoms with E-state index in [9.17, 15) is 17.2 Å². The van der Waals surface area contributed by atoms with Crippen molar-refractivity contribution in [2.24, 2.45) is 0 Å². The van der Waals surface area contributed by atoms with Crippen LogP contribution in [-0.2, 0) is 10.0 Å². The van der Waals surface area contributed by atoms with E-state index in [1.54, 1.807) is 0 Å². The van der Waals surface area contributed by atoms with Gasteiger partial charge >= 0.3 is 0 Å². The van der Waals surface area contributed by atoms with Gasteiger partial charge in [0.25, 0.3) is 0 Å². The third-order valence-corrected chi connectivity index (χ3v) is 3.57. The van der Waals surface area contributed by atoms with Crippen molar-refractivity contribution in [2.75, 3.05) is 23.6 Å². The van der Waals surface area contributed by atoms with Crippen molar-refractivity contribution in [3.8, 4) is 0 Å². The summed E-state index contributed by atoms with van der Waals surface area (Å²) in [5.74, 6) is -1.79. The molecule has 0 amide bonds. The second-order valence-electron chi connectivity index (χ2n) is 3.75. The van der Waals surface area contributed by atoms with Crippen molar-refractivity contribution < 1.29 is 17.2 Å². The average Bonchev–Trinajstić information content (AvgIpc) is 2.28. The van der Waals surface area contributed by atoms with Crippen LogP contribution in [0, 0.1) is 11.6 Å². The Morgan fingerprint density at radius 2 is 2.00 bits per heavy atom. The first-order valence-electron chi connectivity index (χ1n) is 5.61. The van der Waals surface area contributed by atoms with Crippen LogP contribution in [0.3, 0.4) is 0 Å². The Balaban J connectivity index is 2.59. The molecule has 2 N–H and O–H groups in total. The van der Waals surface area contributed by atoms with Crippen molar-refractivity contribution in [1.29, 1.82) is 0 Å². The van der Waals surface area contributed by atoms with Gasteiger partial charge in [0.1, 0.15) is 11.6 Å². The average molecular weight is 278 g/mol. The normalized spacial score (nSPS) is 11.5. The highest BCUT2D eigenvalue weighted by Gasteiger charge is 2.13. The van der Waals surface area contributed by atoms with Crippen LogP contribution in [0.4, 0.5) is 14.5 Å². The van der Waals surface area contributed by atoms with Gasteiger partial charge < -0.3 is 5.32 Å². The summed E-state index contributed by atoms with van der Waals surface area (Å²) >= 11 is 0. The molecule has 18 heavy (non-hydrogen) atoms. The molecule has 4 nitrogen and oxygen atoms in total. The zero-order chi connectivity index (χ0) is 13.6. The van der Waals surface area contributed by atoms with Crippen molar-refractivity contribution in [2.45, 2.75) is 13.3 Å². The molecule has 0 fully saturated rings. The first-order chi connectivity index (χ1) is 8.44. The summed E-state index contributed by atoms with van der Waals surface area (Å²) in [5.41, 5.74) is -0.236. The number of halogens is 2. The van der Waals surface area contributed by atoms with E-state index in [1.165, 1.54) is 0 Å². The monoisotopic (exact) mass is 278 g/mol. The Morgan fingerprint density at radius 3 is 2.61 bits per heavy atom. The van der Waals surface area contributed by atoms with Crippen molar-refractivity contribution in [1.82, 2.24) is 5.32 Å². The zero-order valence-electron chi connectivity index (χ0n) is 10.0. The van der Waals surface area contributed by atoms with Gasteiger partial charge in [0.05, 0.1) is 11.4 Å². The highest BCUT2D eigenvalue weighted by molar-refractivity contribution is 7.92. The smallest absolute Gasteiger partial charge is 0.232 e. The minimum Gasteiger partial charge on any atom is -0.317 e. The molecule has 0 heterocycles. The third-order valence-electron chi connectivity index (χ3n) is 2.21. The van der Waals surface area contributed by atoms with Crippen LogP contribution in [0.1, 0.15) is 13.3 Å². The lowest BCUT2D eigenvalue weighted by Crippen LogP contribution is -2.22. The number of benzene rings is 1. The largest absolute Gasteiger partial charge is 0.317 e. The molecule has 1 aromatic carbocycles. The van der Waals surface area contributed by atoms with E-state index in [2.05, 4.69) is 10.0 Å². The summed E-state index contributed by atoms with van der Waals surface area (Å²) in [5, 5.41) is 2.99. The minimum absolute atomic E-state index is 0.114. The Bertz CT molecular complexity index is 492. The number of nitrogens with one attached hydrogen (secondary N) is 2. The van der Waals surface area contributed by atoms with Gasteiger partial charge in [-0.25, -0.2) is 17.2 Å². The van der Waals surface area contributed by atoms with E-state index in [-0.39, 0.29) is 11.4 Å². The van der Waals surface area contributed by atoms with Crippen LogP contribution in [0.15, 0.2) is 18.2 Å². The molecular formula is C11H16F2N2O2S. The Hall–Kier alpha value is -1.21. The molecule has 0 unspecified atom stereocenters. The van der Waals surface area contributed by atoms with E-state index < -0.39 is 21.7 Å². The maximum atomic E-state index is 13.2. The maximum Gasteiger partial charge on any atom is 0.232 e. The van der Waals surface area contributed by atoms with E-state index in [0.717, 1.165) is 18.7 Å². The molecular weight excluding hydrogens is 262 g/mol. The van der Waals surface area contributed by atoms with Gasteiger partial charge in [-0.05, 0) is 31.6 Å². The fourth-order valence-corrected chi connectivity index (χ4v) is 2.48. The predicted molar refractivity (Wildman–Crippen MR) is 66.9 cm³/mol. The molecule has 0 bridgehead atoms. The van der Waals surface area contributed by atoms with Crippen LogP contribution in [0.2, 0.25) is 0 Å². The quantitative estimate of drug-likeness (QED) is 0.746. The molecule has 1 rings (SSSR count). The highest BCUT2D eigenvalue weighted by atomic mass is 32.2. The molecule has 0 aliphatic heterocycles. The summed E-state index contributed by atoms with van der Waals surface area (Å²) in [6.45, 7) is 3.25. The Labute approximate surface area is 105 Å². The van der Waals surface area contributed by atoms with Crippen LogP contribution in [0.25, 0.3) is 0 Å². The summed E-state index contributed by atoms with van der Waals surface area (Å²) in [4.78, 5) is 0. The van der Waals surface area contributed by atoms with Crippen molar-refractivity contribution in [3.63, 3.8) is 0 Å². The first-order valence-corrected chi connectivity index (χ1v) is 7.26. The summed E-state index contributed by atoms with van der Waals surface area (Å²) in [6, 6.07) is 2.70. The number of sulfonamides is 1. The van der Waals surface area contributed by atoms with Crippen LogP contribution in [0.5, 0.6) is 0 Å². The molecule has 0 aromatic heterocycles. The number of anilines is 1. The lowest BCUT2D eigenvalue weighted by molar-refractivity contribution is 0.581. The molecule has 0 saturated carbocycles. The van der Waals surface area contributed by atoms with Crippen LogP contribution in [-0.4, -0.2) is 27.3 Å². The second kappa shape index (κ2) is 6.65. The summed E-state index contributed by atoms with van der Waals surface area (Å²) in [7, 11) is -3.60.